The quantitative estimate of drug-likeness (QED) is 0.301. The standard InChI is InChI=1S/C26H38F2N8O2/c27-24(28)38-20-11-9-19(10-12-20)32-26(37)31-18-7-5-17(6-8-18)30-25-29-14-13-22(34-25)33-23-15-21(35-36-23)16-3-1-2-4-16/h13-20,24H,1-12H2,(H2,31,32,37)(H3,29,30,33,34,35,36). The second-order valence-electron chi connectivity index (χ2n) is 10.8. The molecule has 0 unspecified atom stereocenters. The van der Waals surface area contributed by atoms with E-state index < -0.39 is 12.7 Å². The van der Waals surface area contributed by atoms with E-state index in [1.165, 1.54) is 31.4 Å². The van der Waals surface area contributed by atoms with Gasteiger partial charge in [0.15, 0.2) is 5.82 Å². The third kappa shape index (κ3) is 7.52. The van der Waals surface area contributed by atoms with E-state index in [0.717, 1.165) is 31.5 Å². The van der Waals surface area contributed by atoms with Gasteiger partial charge in [0.1, 0.15) is 5.82 Å². The second-order valence-corrected chi connectivity index (χ2v) is 10.8. The van der Waals surface area contributed by atoms with Crippen LogP contribution in [0.3, 0.4) is 0 Å². The molecular weight excluding hydrogens is 494 g/mol. The summed E-state index contributed by atoms with van der Waals surface area (Å²) < 4.78 is 29.3. The Morgan fingerprint density at radius 2 is 1.58 bits per heavy atom. The maximum atomic E-state index is 12.5. The minimum atomic E-state index is -2.74. The Hall–Kier alpha value is -3.02. The molecule has 2 aromatic heterocycles. The number of hydrogen-bond acceptors (Lipinski definition) is 7. The van der Waals surface area contributed by atoms with E-state index in [1.807, 2.05) is 6.07 Å². The summed E-state index contributed by atoms with van der Waals surface area (Å²) in [5, 5.41) is 20.3. The molecule has 3 aliphatic rings. The number of carbonyl (C=O) groups excluding carboxylic acids is 1. The SMILES string of the molecule is O=C(NC1CCC(Nc2nccc(Nc3cc(C4CCCC4)[nH]n3)n2)CC1)NC1CCC(OC(F)F)CC1. The third-order valence-corrected chi connectivity index (χ3v) is 8.00. The fourth-order valence-corrected chi connectivity index (χ4v) is 5.94. The molecule has 0 bridgehead atoms. The van der Waals surface area contributed by atoms with Crippen LogP contribution in [0.2, 0.25) is 0 Å². The molecule has 12 heteroatoms. The van der Waals surface area contributed by atoms with Crippen LogP contribution in [0.25, 0.3) is 0 Å². The van der Waals surface area contributed by atoms with E-state index >= 15 is 0 Å². The fraction of sp³-hybridized carbons (Fsp3) is 0.692. The van der Waals surface area contributed by atoms with Crippen molar-refractivity contribution in [2.24, 2.45) is 0 Å². The number of nitrogens with zero attached hydrogens (tertiary/aromatic N) is 3. The molecule has 0 atom stereocenters. The summed E-state index contributed by atoms with van der Waals surface area (Å²) in [7, 11) is 0. The van der Waals surface area contributed by atoms with Crippen LogP contribution >= 0.6 is 0 Å². The van der Waals surface area contributed by atoms with Crippen LogP contribution in [0, 0.1) is 0 Å². The van der Waals surface area contributed by atoms with Crippen LogP contribution in [0.4, 0.5) is 31.2 Å². The summed E-state index contributed by atoms with van der Waals surface area (Å²) in [4.78, 5) is 21.4. The maximum Gasteiger partial charge on any atom is 0.345 e. The van der Waals surface area contributed by atoms with Gasteiger partial charge in [0.25, 0.3) is 0 Å². The van der Waals surface area contributed by atoms with Gasteiger partial charge in [0.2, 0.25) is 5.95 Å². The Balaban J connectivity index is 1.02. The molecule has 2 aromatic rings. The number of rotatable bonds is 9. The highest BCUT2D eigenvalue weighted by Crippen LogP contribution is 2.34. The van der Waals surface area contributed by atoms with Gasteiger partial charge in [-0.1, -0.05) is 12.8 Å². The molecule has 0 spiro atoms. The molecule has 208 valence electrons. The van der Waals surface area contributed by atoms with E-state index in [2.05, 4.69) is 52.2 Å². The number of anilines is 3. The fourth-order valence-electron chi connectivity index (χ4n) is 5.94. The van der Waals surface area contributed by atoms with Crippen LogP contribution in [-0.2, 0) is 4.74 Å². The van der Waals surface area contributed by atoms with Crippen molar-refractivity contribution in [3.05, 3.63) is 24.0 Å². The molecule has 0 saturated heterocycles. The Bertz CT molecular complexity index is 1030. The van der Waals surface area contributed by atoms with E-state index in [9.17, 15) is 13.6 Å². The predicted octanol–water partition coefficient (Wildman–Crippen LogP) is 5.17. The highest BCUT2D eigenvalue weighted by Gasteiger charge is 2.27. The van der Waals surface area contributed by atoms with E-state index in [-0.39, 0.29) is 24.2 Å². The second kappa shape index (κ2) is 12.7. The maximum absolute atomic E-state index is 12.5. The highest BCUT2D eigenvalue weighted by atomic mass is 19.3. The number of aromatic amines is 1. The predicted molar refractivity (Wildman–Crippen MR) is 140 cm³/mol. The van der Waals surface area contributed by atoms with Crippen molar-refractivity contribution in [2.75, 3.05) is 10.6 Å². The van der Waals surface area contributed by atoms with Gasteiger partial charge in [-0.15, -0.1) is 0 Å². The van der Waals surface area contributed by atoms with E-state index in [4.69, 9.17) is 0 Å². The van der Waals surface area contributed by atoms with Gasteiger partial charge >= 0.3 is 12.6 Å². The molecule has 2 heterocycles. The van der Waals surface area contributed by atoms with E-state index in [1.54, 1.807) is 6.20 Å². The minimum Gasteiger partial charge on any atom is -0.351 e. The number of hydrogen-bond donors (Lipinski definition) is 5. The number of carbonyl (C=O) groups is 1. The first-order chi connectivity index (χ1) is 18.5. The highest BCUT2D eigenvalue weighted by molar-refractivity contribution is 5.74. The van der Waals surface area contributed by atoms with Crippen LogP contribution in [0.15, 0.2) is 18.3 Å². The normalized spacial score (nSPS) is 26.3. The van der Waals surface area contributed by atoms with Crippen molar-refractivity contribution >= 4 is 23.6 Å². The number of halogens is 2. The van der Waals surface area contributed by atoms with Gasteiger partial charge in [-0.3, -0.25) is 5.10 Å². The first-order valence-corrected chi connectivity index (χ1v) is 13.9. The number of urea groups is 1. The summed E-state index contributed by atoms with van der Waals surface area (Å²) in [6.07, 6.45) is 12.2. The van der Waals surface area contributed by atoms with Crippen LogP contribution in [0.5, 0.6) is 0 Å². The summed E-state index contributed by atoms with van der Waals surface area (Å²) in [5.74, 6) is 2.60. The first kappa shape index (κ1) is 26.6. The topological polar surface area (TPSA) is 129 Å². The van der Waals surface area contributed by atoms with Crippen molar-refractivity contribution in [3.63, 3.8) is 0 Å². The first-order valence-electron chi connectivity index (χ1n) is 13.9. The summed E-state index contributed by atoms with van der Waals surface area (Å²) in [6, 6.07) is 4.05. The average Bonchev–Trinajstić information content (AvgIpc) is 3.59. The van der Waals surface area contributed by atoms with Gasteiger partial charge < -0.3 is 26.0 Å². The Labute approximate surface area is 221 Å². The molecule has 0 aliphatic heterocycles. The Morgan fingerprint density at radius 3 is 2.26 bits per heavy atom. The number of nitrogens with one attached hydrogen (secondary N) is 5. The van der Waals surface area contributed by atoms with Crippen LogP contribution in [0.1, 0.15) is 88.7 Å². The zero-order valence-electron chi connectivity index (χ0n) is 21.6. The molecule has 10 nitrogen and oxygen atoms in total. The van der Waals surface area contributed by atoms with Crippen molar-refractivity contribution in [2.45, 2.75) is 114 Å². The lowest BCUT2D eigenvalue weighted by molar-refractivity contribution is -0.170. The third-order valence-electron chi connectivity index (χ3n) is 8.00. The van der Waals surface area contributed by atoms with Crippen molar-refractivity contribution in [1.82, 2.24) is 30.8 Å². The van der Waals surface area contributed by atoms with Crippen LogP contribution in [-0.4, -0.2) is 57.0 Å². The number of aromatic nitrogens is 4. The summed E-state index contributed by atoms with van der Waals surface area (Å²) >= 11 is 0. The molecule has 3 saturated carbocycles. The molecule has 0 aromatic carbocycles. The van der Waals surface area contributed by atoms with Crippen molar-refractivity contribution in [3.8, 4) is 0 Å². The number of H-pyrrole nitrogens is 1. The lowest BCUT2D eigenvalue weighted by atomic mass is 9.91. The molecule has 0 radical (unpaired) electrons. The lowest BCUT2D eigenvalue weighted by Gasteiger charge is -2.32. The molecular formula is C26H38F2N8O2. The lowest BCUT2D eigenvalue weighted by Crippen LogP contribution is -2.49. The van der Waals surface area contributed by atoms with Gasteiger partial charge in [0.05, 0.1) is 6.10 Å². The van der Waals surface area contributed by atoms with E-state index in [0.29, 0.717) is 43.4 Å². The zero-order valence-corrected chi connectivity index (χ0v) is 21.6. The number of alkyl halides is 2. The monoisotopic (exact) mass is 532 g/mol. The largest absolute Gasteiger partial charge is 0.351 e. The molecule has 38 heavy (non-hydrogen) atoms. The summed E-state index contributed by atoms with van der Waals surface area (Å²) in [6.45, 7) is -2.74. The summed E-state index contributed by atoms with van der Waals surface area (Å²) in [5.41, 5.74) is 1.18. The van der Waals surface area contributed by atoms with Crippen LogP contribution < -0.4 is 21.3 Å². The minimum absolute atomic E-state index is 0.000622. The number of ether oxygens (including phenoxy) is 1. The molecule has 3 fully saturated rings. The van der Waals surface area contributed by atoms with Gasteiger partial charge in [-0.25, -0.2) is 9.78 Å². The van der Waals surface area contributed by atoms with Crippen molar-refractivity contribution in [1.29, 1.82) is 0 Å². The molecule has 2 amide bonds. The van der Waals surface area contributed by atoms with Crippen molar-refractivity contribution < 1.29 is 18.3 Å². The average molecular weight is 533 g/mol. The number of amides is 2. The van der Waals surface area contributed by atoms with Gasteiger partial charge in [-0.05, 0) is 70.3 Å². The molecule has 3 aliphatic carbocycles. The van der Waals surface area contributed by atoms with Gasteiger partial charge in [0, 0.05) is 42.0 Å². The molecule has 5 rings (SSSR count). The Kier molecular flexibility index (Phi) is 8.87. The molecule has 5 N–H and O–H groups in total. The Morgan fingerprint density at radius 1 is 0.921 bits per heavy atom. The zero-order chi connectivity index (χ0) is 26.3. The smallest absolute Gasteiger partial charge is 0.345 e. The van der Waals surface area contributed by atoms with Gasteiger partial charge in [-0.2, -0.15) is 18.9 Å².